The van der Waals surface area contributed by atoms with Crippen LogP contribution in [0.2, 0.25) is 0 Å². The Labute approximate surface area is 138 Å². The van der Waals surface area contributed by atoms with E-state index in [0.29, 0.717) is 0 Å². The Bertz CT molecular complexity index is 1260. The minimum absolute atomic E-state index is 0.880. The third-order valence-corrected chi connectivity index (χ3v) is 4.86. The maximum Gasteiger partial charge on any atom is 0.376 e. The van der Waals surface area contributed by atoms with Gasteiger partial charge in [-0.15, -0.1) is 0 Å². The molecule has 5 heteroatoms. The lowest BCUT2D eigenvalue weighted by molar-refractivity contribution is -0.620. The van der Waals surface area contributed by atoms with Gasteiger partial charge in [-0.2, -0.15) is 4.40 Å². The maximum absolute atomic E-state index is 5.52. The minimum atomic E-state index is 0.880. The minimum Gasteiger partial charge on any atom is -0.496 e. The molecule has 0 radical (unpaired) electrons. The molecule has 0 aliphatic rings. The van der Waals surface area contributed by atoms with Crippen LogP contribution in [-0.4, -0.2) is 20.9 Å². The van der Waals surface area contributed by atoms with E-state index >= 15 is 0 Å². The van der Waals surface area contributed by atoms with Crippen molar-refractivity contribution in [3.63, 3.8) is 0 Å². The summed E-state index contributed by atoms with van der Waals surface area (Å²) < 4.78 is 12.2. The molecule has 3 heterocycles. The van der Waals surface area contributed by atoms with E-state index in [0.717, 1.165) is 33.8 Å². The third kappa shape index (κ3) is 1.49. The Kier molecular flexibility index (Phi) is 2.49. The zero-order valence-electron chi connectivity index (χ0n) is 13.8. The highest BCUT2D eigenvalue weighted by Gasteiger charge is 2.23. The first-order chi connectivity index (χ1) is 11.7. The van der Waals surface area contributed by atoms with Gasteiger partial charge in [0.25, 0.3) is 0 Å². The molecule has 0 fully saturated rings. The van der Waals surface area contributed by atoms with Crippen molar-refractivity contribution in [2.45, 2.75) is 6.92 Å². The zero-order chi connectivity index (χ0) is 16.4. The van der Waals surface area contributed by atoms with Gasteiger partial charge >= 0.3 is 5.78 Å². The number of para-hydroxylation sites is 2. The lowest BCUT2D eigenvalue weighted by atomic mass is 10.2. The number of benzene rings is 2. The molecular formula is C19H17N4O+. The molecule has 5 nitrogen and oxygen atoms in total. The van der Waals surface area contributed by atoms with E-state index in [1.54, 1.807) is 7.11 Å². The number of hydrogen-bond donors (Lipinski definition) is 0. The van der Waals surface area contributed by atoms with E-state index < -0.39 is 0 Å². The van der Waals surface area contributed by atoms with Crippen molar-refractivity contribution in [2.75, 3.05) is 7.11 Å². The van der Waals surface area contributed by atoms with Gasteiger partial charge in [-0.1, -0.05) is 12.1 Å². The first-order valence-corrected chi connectivity index (χ1v) is 7.94. The molecule has 0 aliphatic heterocycles. The second kappa shape index (κ2) is 4.47. The van der Waals surface area contributed by atoms with Crippen molar-refractivity contribution in [1.82, 2.24) is 13.8 Å². The second-order valence-corrected chi connectivity index (χ2v) is 6.10. The largest absolute Gasteiger partial charge is 0.496 e. The van der Waals surface area contributed by atoms with Gasteiger partial charge in [-0.3, -0.25) is 0 Å². The number of nitrogens with zero attached hydrogens (tertiary/aromatic N) is 4. The molecule has 0 unspecified atom stereocenters. The monoisotopic (exact) mass is 317 g/mol. The molecule has 0 saturated heterocycles. The van der Waals surface area contributed by atoms with E-state index in [-0.39, 0.29) is 0 Å². The molecule has 3 aromatic heterocycles. The molecule has 0 bridgehead atoms. The third-order valence-electron chi connectivity index (χ3n) is 4.86. The average molecular weight is 317 g/mol. The van der Waals surface area contributed by atoms with Gasteiger partial charge in [0.2, 0.25) is 5.65 Å². The number of fused-ring (bicyclic) bond motifs is 7. The van der Waals surface area contributed by atoms with Crippen LogP contribution >= 0.6 is 0 Å². The van der Waals surface area contributed by atoms with E-state index in [9.17, 15) is 0 Å². The molecule has 0 atom stereocenters. The van der Waals surface area contributed by atoms with Crippen molar-refractivity contribution in [1.29, 1.82) is 0 Å². The van der Waals surface area contributed by atoms with Crippen molar-refractivity contribution in [3.8, 4) is 5.75 Å². The van der Waals surface area contributed by atoms with Crippen molar-refractivity contribution < 1.29 is 9.30 Å². The molecule has 118 valence electrons. The number of imidazole rings is 2. The first-order valence-electron chi connectivity index (χ1n) is 7.94. The highest BCUT2D eigenvalue weighted by atomic mass is 16.5. The number of hydrogen-bond acceptors (Lipinski definition) is 2. The molecule has 0 saturated carbocycles. The smallest absolute Gasteiger partial charge is 0.376 e. The maximum atomic E-state index is 5.52. The second-order valence-electron chi connectivity index (χ2n) is 6.10. The molecule has 0 aliphatic carbocycles. The van der Waals surface area contributed by atoms with E-state index in [1.807, 2.05) is 12.1 Å². The number of aromatic nitrogens is 4. The molecule has 0 N–H and O–H groups in total. The van der Waals surface area contributed by atoms with Crippen LogP contribution in [0.25, 0.3) is 33.5 Å². The van der Waals surface area contributed by atoms with Crippen molar-refractivity contribution in [3.05, 3.63) is 54.2 Å². The highest BCUT2D eigenvalue weighted by Crippen LogP contribution is 2.29. The van der Waals surface area contributed by atoms with Crippen LogP contribution in [0.3, 0.4) is 0 Å². The summed E-state index contributed by atoms with van der Waals surface area (Å²) in [6, 6.07) is 14.5. The number of methoxy groups -OCH3 is 1. The van der Waals surface area contributed by atoms with Gasteiger partial charge in [0.05, 0.1) is 20.4 Å². The lowest BCUT2D eigenvalue weighted by Crippen LogP contribution is -2.29. The Balaban J connectivity index is 2.13. The summed E-state index contributed by atoms with van der Waals surface area (Å²) in [5.41, 5.74) is 6.47. The predicted molar refractivity (Wildman–Crippen MR) is 93.6 cm³/mol. The number of ether oxygens (including phenoxy) is 1. The van der Waals surface area contributed by atoms with Crippen LogP contribution in [-0.2, 0) is 7.05 Å². The molecule has 0 amide bonds. The summed E-state index contributed by atoms with van der Waals surface area (Å²) in [4.78, 5) is 4.79. The summed E-state index contributed by atoms with van der Waals surface area (Å²) in [6.45, 7) is 2.08. The highest BCUT2D eigenvalue weighted by molar-refractivity contribution is 5.87. The molecule has 5 aromatic rings. The first kappa shape index (κ1) is 13.4. The summed E-state index contributed by atoms with van der Waals surface area (Å²) in [5, 5.41) is 0. The fraction of sp³-hybridized carbons (Fsp3) is 0.158. The van der Waals surface area contributed by atoms with Crippen LogP contribution in [0.15, 0.2) is 48.7 Å². The lowest BCUT2D eigenvalue weighted by Gasteiger charge is -2.04. The van der Waals surface area contributed by atoms with Crippen molar-refractivity contribution >= 4 is 33.5 Å². The topological polar surface area (TPSA) is 34.8 Å². The van der Waals surface area contributed by atoms with Gasteiger partial charge in [0, 0.05) is 11.6 Å². The fourth-order valence-corrected chi connectivity index (χ4v) is 3.74. The van der Waals surface area contributed by atoms with Crippen LogP contribution in [0, 0.1) is 6.92 Å². The molecule has 0 spiro atoms. The van der Waals surface area contributed by atoms with Crippen molar-refractivity contribution in [2.24, 2.45) is 7.05 Å². The summed E-state index contributed by atoms with van der Waals surface area (Å²) in [6.07, 6.45) is 2.09. The van der Waals surface area contributed by atoms with Gasteiger partial charge < -0.3 is 4.74 Å². The zero-order valence-corrected chi connectivity index (χ0v) is 13.8. The Morgan fingerprint density at radius 3 is 2.75 bits per heavy atom. The molecule has 5 rings (SSSR count). The quantitative estimate of drug-likeness (QED) is 0.445. The standard InChI is InChI=1S/C19H17N4O/c1-12-16(24-3)9-8-13-18(12)23-17(20-13)10-11-22-15-7-5-4-6-14(15)21(2)19(22)23/h4-11H,1-3H3/q+1. The Hall–Kier alpha value is -3.08. The van der Waals surface area contributed by atoms with E-state index in [1.165, 1.54) is 11.0 Å². The van der Waals surface area contributed by atoms with Gasteiger partial charge in [-0.25, -0.2) is 14.0 Å². The number of aryl methyl sites for hydroxylation is 2. The summed E-state index contributed by atoms with van der Waals surface area (Å²) in [7, 11) is 3.80. The molecular weight excluding hydrogens is 300 g/mol. The predicted octanol–water partition coefficient (Wildman–Crippen LogP) is 3.03. The van der Waals surface area contributed by atoms with Gasteiger partial charge in [-0.05, 0) is 31.2 Å². The Morgan fingerprint density at radius 1 is 1.08 bits per heavy atom. The normalized spacial score (nSPS) is 12.0. The SMILES string of the molecule is COc1ccc2nc3ccn4c5ccccc5[n+](C)c4n3c2c1C. The van der Waals surface area contributed by atoms with Crippen LogP contribution < -0.4 is 9.30 Å². The number of rotatable bonds is 1. The average Bonchev–Trinajstić information content (AvgIpc) is 3.12. The van der Waals surface area contributed by atoms with E-state index in [2.05, 4.69) is 63.9 Å². The molecule has 2 aromatic carbocycles. The van der Waals surface area contributed by atoms with Crippen LogP contribution in [0.4, 0.5) is 0 Å². The van der Waals surface area contributed by atoms with E-state index in [4.69, 9.17) is 9.72 Å². The van der Waals surface area contributed by atoms with Crippen LogP contribution in [0.1, 0.15) is 5.56 Å². The summed E-state index contributed by atoms with van der Waals surface area (Å²) in [5.74, 6) is 1.96. The summed E-state index contributed by atoms with van der Waals surface area (Å²) >= 11 is 0. The molecule has 24 heavy (non-hydrogen) atoms. The fourth-order valence-electron chi connectivity index (χ4n) is 3.74. The Morgan fingerprint density at radius 2 is 1.92 bits per heavy atom. The van der Waals surface area contributed by atoms with Crippen LogP contribution in [0.5, 0.6) is 5.75 Å². The van der Waals surface area contributed by atoms with Gasteiger partial charge in [0.1, 0.15) is 27.8 Å². The van der Waals surface area contributed by atoms with Gasteiger partial charge in [0.15, 0.2) is 0 Å².